The lowest BCUT2D eigenvalue weighted by molar-refractivity contribution is -0.115. The molecule has 0 spiro atoms. The van der Waals surface area contributed by atoms with E-state index >= 15 is 0 Å². The van der Waals surface area contributed by atoms with Crippen molar-refractivity contribution in [3.05, 3.63) is 88.4 Å². The van der Waals surface area contributed by atoms with E-state index in [1.807, 2.05) is 0 Å². The number of anilines is 2. The molecule has 34 heavy (non-hydrogen) atoms. The van der Waals surface area contributed by atoms with Crippen LogP contribution in [0.15, 0.2) is 71.6 Å². The van der Waals surface area contributed by atoms with Crippen LogP contribution in [0.1, 0.15) is 38.0 Å². The molecule has 0 saturated heterocycles. The molecule has 1 atom stereocenters. The highest BCUT2D eigenvalue weighted by atomic mass is 35.5. The quantitative estimate of drug-likeness (QED) is 0.317. The molecule has 0 aliphatic rings. The summed E-state index contributed by atoms with van der Waals surface area (Å²) in [5.41, 5.74) is 0.535. The van der Waals surface area contributed by atoms with Crippen LogP contribution in [0.25, 0.3) is 0 Å². The van der Waals surface area contributed by atoms with Gasteiger partial charge in [-0.3, -0.25) is 9.59 Å². The molecule has 0 radical (unpaired) electrons. The van der Waals surface area contributed by atoms with Crippen LogP contribution in [0.2, 0.25) is 5.02 Å². The minimum absolute atomic E-state index is 0.00656. The molecular formula is C24H19ClN2O6S. The number of rotatable bonds is 8. The van der Waals surface area contributed by atoms with Crippen LogP contribution in [0.5, 0.6) is 0 Å². The van der Waals surface area contributed by atoms with E-state index in [4.69, 9.17) is 16.7 Å². The van der Waals surface area contributed by atoms with E-state index in [2.05, 4.69) is 10.6 Å². The zero-order valence-corrected chi connectivity index (χ0v) is 19.3. The first kappa shape index (κ1) is 24.8. The number of carboxylic acids is 2. The Morgan fingerprint density at radius 1 is 0.853 bits per heavy atom. The highest BCUT2D eigenvalue weighted by Crippen LogP contribution is 2.29. The molecule has 0 aliphatic carbocycles. The Morgan fingerprint density at radius 3 is 2.24 bits per heavy atom. The molecule has 0 aliphatic heterocycles. The van der Waals surface area contributed by atoms with Gasteiger partial charge in [0.2, 0.25) is 5.91 Å². The van der Waals surface area contributed by atoms with Crippen LogP contribution >= 0.6 is 23.4 Å². The zero-order valence-electron chi connectivity index (χ0n) is 17.7. The van der Waals surface area contributed by atoms with Crippen LogP contribution < -0.4 is 10.6 Å². The van der Waals surface area contributed by atoms with Gasteiger partial charge in [-0.25, -0.2) is 9.59 Å². The number of carbonyl (C=O) groups is 4. The van der Waals surface area contributed by atoms with Gasteiger partial charge in [-0.15, -0.1) is 11.8 Å². The summed E-state index contributed by atoms with van der Waals surface area (Å²) in [5.74, 6) is -3.30. The van der Waals surface area contributed by atoms with Crippen LogP contribution in [0, 0.1) is 0 Å². The Hall–Kier alpha value is -3.82. The maximum Gasteiger partial charge on any atom is 0.336 e. The summed E-state index contributed by atoms with van der Waals surface area (Å²) >= 11 is 7.28. The standard InChI is InChI=1S/C24H19ClN2O6S/c1-13(21(28)27-20-11-14(23(30)31)9-10-19(20)25)34-16-6-4-5-15(12-16)26-22(29)17-7-2-3-8-18(17)24(32)33/h2-13H,1H3,(H,26,29)(H,27,28)(H,30,31)(H,32,33). The summed E-state index contributed by atoms with van der Waals surface area (Å²) in [6, 6.07) is 16.7. The van der Waals surface area contributed by atoms with Gasteiger partial charge in [0.1, 0.15) is 0 Å². The van der Waals surface area contributed by atoms with E-state index in [-0.39, 0.29) is 33.3 Å². The fraction of sp³-hybridized carbons (Fsp3) is 0.0833. The van der Waals surface area contributed by atoms with Crippen molar-refractivity contribution >= 4 is 58.5 Å². The minimum atomic E-state index is -1.20. The third-order valence-electron chi connectivity index (χ3n) is 4.65. The highest BCUT2D eigenvalue weighted by molar-refractivity contribution is 8.00. The van der Waals surface area contributed by atoms with E-state index in [0.29, 0.717) is 10.6 Å². The molecule has 4 N–H and O–H groups in total. The average Bonchev–Trinajstić information content (AvgIpc) is 2.80. The molecule has 3 aromatic rings. The Balaban J connectivity index is 1.69. The maximum absolute atomic E-state index is 12.6. The number of nitrogens with one attached hydrogen (secondary N) is 2. The van der Waals surface area contributed by atoms with Crippen molar-refractivity contribution in [3.8, 4) is 0 Å². The molecular weight excluding hydrogens is 480 g/mol. The van der Waals surface area contributed by atoms with Crippen molar-refractivity contribution in [3.63, 3.8) is 0 Å². The monoisotopic (exact) mass is 498 g/mol. The molecule has 2 amide bonds. The Kier molecular flexibility index (Phi) is 7.93. The predicted octanol–water partition coefficient (Wildman–Crippen LogP) is 5.11. The van der Waals surface area contributed by atoms with Crippen molar-refractivity contribution in [2.24, 2.45) is 0 Å². The smallest absolute Gasteiger partial charge is 0.336 e. The zero-order chi connectivity index (χ0) is 24.8. The second-order valence-corrected chi connectivity index (χ2v) is 8.90. The predicted molar refractivity (Wildman–Crippen MR) is 130 cm³/mol. The van der Waals surface area contributed by atoms with Gasteiger partial charge in [-0.05, 0) is 55.5 Å². The van der Waals surface area contributed by atoms with Gasteiger partial charge in [0.25, 0.3) is 5.91 Å². The lowest BCUT2D eigenvalue weighted by atomic mass is 10.1. The van der Waals surface area contributed by atoms with E-state index in [9.17, 15) is 24.3 Å². The minimum Gasteiger partial charge on any atom is -0.478 e. The Bertz CT molecular complexity index is 1280. The van der Waals surface area contributed by atoms with Crippen molar-refractivity contribution in [1.29, 1.82) is 0 Å². The molecule has 0 fully saturated rings. The second kappa shape index (κ2) is 10.9. The number of carboxylic acid groups (broad SMARTS) is 2. The number of hydrogen-bond donors (Lipinski definition) is 4. The first-order valence-electron chi connectivity index (χ1n) is 9.90. The van der Waals surface area contributed by atoms with E-state index in [1.165, 1.54) is 48.2 Å². The van der Waals surface area contributed by atoms with E-state index < -0.39 is 23.1 Å². The molecule has 3 aromatic carbocycles. The van der Waals surface area contributed by atoms with E-state index in [1.54, 1.807) is 37.3 Å². The third kappa shape index (κ3) is 6.15. The fourth-order valence-electron chi connectivity index (χ4n) is 2.96. The summed E-state index contributed by atoms with van der Waals surface area (Å²) in [6.45, 7) is 1.67. The summed E-state index contributed by atoms with van der Waals surface area (Å²) in [6.07, 6.45) is 0. The summed E-state index contributed by atoms with van der Waals surface area (Å²) < 4.78 is 0. The molecule has 0 saturated carbocycles. The highest BCUT2D eigenvalue weighted by Gasteiger charge is 2.19. The number of aromatic carboxylic acids is 2. The number of hydrogen-bond acceptors (Lipinski definition) is 5. The first-order valence-corrected chi connectivity index (χ1v) is 11.2. The van der Waals surface area contributed by atoms with Gasteiger partial charge in [-0.1, -0.05) is 29.8 Å². The van der Waals surface area contributed by atoms with Gasteiger partial charge in [0.05, 0.1) is 32.7 Å². The SMILES string of the molecule is CC(Sc1cccc(NC(=O)c2ccccc2C(=O)O)c1)C(=O)Nc1cc(C(=O)O)ccc1Cl. The Morgan fingerprint density at radius 2 is 1.56 bits per heavy atom. The number of benzene rings is 3. The average molecular weight is 499 g/mol. The summed E-state index contributed by atoms with van der Waals surface area (Å²) in [5, 5.41) is 23.3. The molecule has 3 rings (SSSR count). The van der Waals surface area contributed by atoms with Crippen molar-refractivity contribution < 1.29 is 29.4 Å². The molecule has 10 heteroatoms. The molecule has 8 nitrogen and oxygen atoms in total. The maximum atomic E-state index is 12.6. The summed E-state index contributed by atoms with van der Waals surface area (Å²) in [7, 11) is 0. The van der Waals surface area contributed by atoms with Crippen molar-refractivity contribution in [2.45, 2.75) is 17.1 Å². The van der Waals surface area contributed by atoms with Crippen LogP contribution in [0.3, 0.4) is 0 Å². The normalized spacial score (nSPS) is 11.4. The largest absolute Gasteiger partial charge is 0.478 e. The second-order valence-electron chi connectivity index (χ2n) is 7.08. The molecule has 1 unspecified atom stereocenters. The first-order chi connectivity index (χ1) is 16.2. The van der Waals surface area contributed by atoms with Crippen LogP contribution in [0.4, 0.5) is 11.4 Å². The third-order valence-corrected chi connectivity index (χ3v) is 6.07. The number of carbonyl (C=O) groups excluding carboxylic acids is 2. The number of thioether (sulfide) groups is 1. The van der Waals surface area contributed by atoms with Crippen LogP contribution in [-0.4, -0.2) is 39.2 Å². The fourth-order valence-corrected chi connectivity index (χ4v) is 4.05. The molecule has 174 valence electrons. The van der Waals surface area contributed by atoms with Gasteiger partial charge in [0, 0.05) is 10.6 Å². The van der Waals surface area contributed by atoms with Gasteiger partial charge in [-0.2, -0.15) is 0 Å². The molecule has 0 heterocycles. The van der Waals surface area contributed by atoms with Gasteiger partial charge >= 0.3 is 11.9 Å². The van der Waals surface area contributed by atoms with Gasteiger partial charge in [0.15, 0.2) is 0 Å². The summed E-state index contributed by atoms with van der Waals surface area (Å²) in [4.78, 5) is 48.4. The number of halogens is 1. The van der Waals surface area contributed by atoms with Crippen LogP contribution in [-0.2, 0) is 4.79 Å². The molecule has 0 bridgehead atoms. The van der Waals surface area contributed by atoms with Crippen molar-refractivity contribution in [2.75, 3.05) is 10.6 Å². The van der Waals surface area contributed by atoms with Crippen molar-refractivity contribution in [1.82, 2.24) is 0 Å². The number of amides is 2. The lowest BCUT2D eigenvalue weighted by Gasteiger charge is -2.14. The van der Waals surface area contributed by atoms with E-state index in [0.717, 1.165) is 0 Å². The lowest BCUT2D eigenvalue weighted by Crippen LogP contribution is -2.22. The topological polar surface area (TPSA) is 133 Å². The Labute approximate surface area is 203 Å². The molecule has 0 aromatic heterocycles. The van der Waals surface area contributed by atoms with Gasteiger partial charge < -0.3 is 20.8 Å².